The maximum absolute atomic E-state index is 13.3. The van der Waals surface area contributed by atoms with Crippen molar-refractivity contribution >= 4 is 11.9 Å². The van der Waals surface area contributed by atoms with Crippen LogP contribution in [-0.4, -0.2) is 51.4 Å². The molecule has 7 nitrogen and oxygen atoms in total. The lowest BCUT2D eigenvalue weighted by molar-refractivity contribution is 0.0692. The summed E-state index contributed by atoms with van der Waals surface area (Å²) in [5.41, 5.74) is 2.90. The van der Waals surface area contributed by atoms with E-state index >= 15 is 0 Å². The van der Waals surface area contributed by atoms with Gasteiger partial charge in [0.25, 0.3) is 5.91 Å². The smallest absolute Gasteiger partial charge is 0.255 e. The zero-order valence-corrected chi connectivity index (χ0v) is 15.9. The highest BCUT2D eigenvalue weighted by Crippen LogP contribution is 2.41. The molecule has 2 bridgehead atoms. The van der Waals surface area contributed by atoms with Crippen molar-refractivity contribution in [3.05, 3.63) is 47.0 Å². The molecule has 0 spiro atoms. The first-order chi connectivity index (χ1) is 13.6. The van der Waals surface area contributed by atoms with Gasteiger partial charge in [-0.1, -0.05) is 0 Å². The first kappa shape index (κ1) is 17.1. The summed E-state index contributed by atoms with van der Waals surface area (Å²) in [5, 5.41) is 9.22. The molecule has 4 heterocycles. The van der Waals surface area contributed by atoms with E-state index in [2.05, 4.69) is 25.9 Å². The molecule has 7 heteroatoms. The van der Waals surface area contributed by atoms with Crippen LogP contribution in [0, 0.1) is 24.2 Å². The van der Waals surface area contributed by atoms with E-state index < -0.39 is 0 Å². The molecule has 3 fully saturated rings. The maximum Gasteiger partial charge on any atom is 0.255 e. The van der Waals surface area contributed by atoms with E-state index in [0.29, 0.717) is 30.0 Å². The first-order valence-electron chi connectivity index (χ1n) is 9.89. The molecule has 3 aliphatic rings. The number of hydrogen-bond acceptors (Lipinski definition) is 6. The number of likely N-dealkylation sites (tertiary alicyclic amines) is 1. The summed E-state index contributed by atoms with van der Waals surface area (Å²) in [7, 11) is 0. The van der Waals surface area contributed by atoms with Crippen molar-refractivity contribution in [2.45, 2.75) is 38.1 Å². The standard InChI is InChI=1S/C21H22N6O/c1-13-7-16(9-22)25-21(24-13)27-11-14-8-17(27)12-26(10-14)20(28)18-3-2-6-23-19(18)15-4-5-15/h2-3,6-7,14-15,17H,4-5,8,10-12H2,1H3. The molecule has 1 amide bonds. The molecule has 1 saturated carbocycles. The third-order valence-electron chi connectivity index (χ3n) is 5.94. The van der Waals surface area contributed by atoms with E-state index in [1.54, 1.807) is 12.3 Å². The molecule has 2 aliphatic heterocycles. The zero-order valence-electron chi connectivity index (χ0n) is 15.9. The van der Waals surface area contributed by atoms with E-state index in [4.69, 9.17) is 0 Å². The Morgan fingerprint density at radius 3 is 2.89 bits per heavy atom. The predicted molar refractivity (Wildman–Crippen MR) is 103 cm³/mol. The van der Waals surface area contributed by atoms with Gasteiger partial charge in [-0.15, -0.1) is 0 Å². The minimum atomic E-state index is 0.0921. The van der Waals surface area contributed by atoms with Crippen molar-refractivity contribution in [2.75, 3.05) is 24.5 Å². The number of aryl methyl sites for hydroxylation is 1. The first-order valence-corrected chi connectivity index (χ1v) is 9.89. The number of amides is 1. The lowest BCUT2D eigenvalue weighted by atomic mass is 9.98. The second-order valence-electron chi connectivity index (χ2n) is 8.13. The number of pyridine rings is 1. The van der Waals surface area contributed by atoms with Gasteiger partial charge in [0.1, 0.15) is 11.8 Å². The van der Waals surface area contributed by atoms with Crippen LogP contribution in [0.1, 0.15) is 52.6 Å². The summed E-state index contributed by atoms with van der Waals surface area (Å²) < 4.78 is 0. The van der Waals surface area contributed by atoms with E-state index in [0.717, 1.165) is 49.3 Å². The van der Waals surface area contributed by atoms with Crippen molar-refractivity contribution < 1.29 is 4.79 Å². The maximum atomic E-state index is 13.3. The largest absolute Gasteiger partial charge is 0.336 e. The number of carbonyl (C=O) groups excluding carboxylic acids is 1. The van der Waals surface area contributed by atoms with Gasteiger partial charge in [0, 0.05) is 43.5 Å². The van der Waals surface area contributed by atoms with Gasteiger partial charge in [-0.25, -0.2) is 9.97 Å². The summed E-state index contributed by atoms with van der Waals surface area (Å²) in [6, 6.07) is 7.77. The van der Waals surface area contributed by atoms with Gasteiger partial charge in [0.15, 0.2) is 0 Å². The number of fused-ring (bicyclic) bond motifs is 2. The summed E-state index contributed by atoms with van der Waals surface area (Å²) in [5.74, 6) is 1.55. The average molecular weight is 374 g/mol. The molecule has 2 aromatic heterocycles. The number of rotatable bonds is 3. The third-order valence-corrected chi connectivity index (χ3v) is 5.94. The molecule has 1 aliphatic carbocycles. The van der Waals surface area contributed by atoms with Crippen molar-refractivity contribution in [3.63, 3.8) is 0 Å². The summed E-state index contributed by atoms with van der Waals surface area (Å²) in [4.78, 5) is 30.9. The Morgan fingerprint density at radius 2 is 2.11 bits per heavy atom. The predicted octanol–water partition coefficient (Wildman–Crippen LogP) is 2.28. The third kappa shape index (κ3) is 2.99. The quantitative estimate of drug-likeness (QED) is 0.819. The Labute approximate surface area is 164 Å². The average Bonchev–Trinajstić information content (AvgIpc) is 3.51. The molecular weight excluding hydrogens is 352 g/mol. The fourth-order valence-electron chi connectivity index (χ4n) is 4.56. The number of nitriles is 1. The number of nitrogens with zero attached hydrogens (tertiary/aromatic N) is 6. The van der Waals surface area contributed by atoms with Crippen LogP contribution in [0.3, 0.4) is 0 Å². The lowest BCUT2D eigenvalue weighted by Gasteiger charge is -2.33. The van der Waals surface area contributed by atoms with Crippen LogP contribution in [0.25, 0.3) is 0 Å². The zero-order chi connectivity index (χ0) is 19.3. The van der Waals surface area contributed by atoms with Gasteiger partial charge in [0.05, 0.1) is 11.3 Å². The molecule has 0 aromatic carbocycles. The molecule has 5 rings (SSSR count). The van der Waals surface area contributed by atoms with Crippen LogP contribution in [0.2, 0.25) is 0 Å². The van der Waals surface area contributed by atoms with Crippen LogP contribution in [0.4, 0.5) is 5.95 Å². The van der Waals surface area contributed by atoms with Gasteiger partial charge >= 0.3 is 0 Å². The van der Waals surface area contributed by atoms with Crippen LogP contribution < -0.4 is 4.90 Å². The summed E-state index contributed by atoms with van der Waals surface area (Å²) >= 11 is 0. The van der Waals surface area contributed by atoms with E-state index in [-0.39, 0.29) is 11.9 Å². The molecule has 0 N–H and O–H groups in total. The number of anilines is 1. The molecular formula is C21H22N6O. The second-order valence-corrected chi connectivity index (χ2v) is 8.13. The van der Waals surface area contributed by atoms with Crippen LogP contribution >= 0.6 is 0 Å². The lowest BCUT2D eigenvalue weighted by Crippen LogP contribution is -2.46. The van der Waals surface area contributed by atoms with Crippen molar-refractivity contribution in [1.29, 1.82) is 5.26 Å². The van der Waals surface area contributed by atoms with Crippen molar-refractivity contribution in [3.8, 4) is 6.07 Å². The molecule has 142 valence electrons. The SMILES string of the molecule is Cc1cc(C#N)nc(N2CC3CC2CN(C(=O)c2cccnc2C2CC2)C3)n1. The minimum Gasteiger partial charge on any atom is -0.336 e. The molecule has 28 heavy (non-hydrogen) atoms. The highest BCUT2D eigenvalue weighted by atomic mass is 16.2. The molecule has 0 radical (unpaired) electrons. The summed E-state index contributed by atoms with van der Waals surface area (Å²) in [6.07, 6.45) is 5.07. The van der Waals surface area contributed by atoms with Gasteiger partial charge in [0.2, 0.25) is 5.95 Å². The van der Waals surface area contributed by atoms with Crippen LogP contribution in [0.15, 0.2) is 24.4 Å². The number of piperidine rings is 1. The number of aromatic nitrogens is 3. The van der Waals surface area contributed by atoms with Gasteiger partial charge in [-0.2, -0.15) is 5.26 Å². The molecule has 2 unspecified atom stereocenters. The number of carbonyl (C=O) groups is 1. The summed E-state index contributed by atoms with van der Waals surface area (Å²) in [6.45, 7) is 4.12. The molecule has 2 aromatic rings. The van der Waals surface area contributed by atoms with E-state index in [9.17, 15) is 10.1 Å². The minimum absolute atomic E-state index is 0.0921. The van der Waals surface area contributed by atoms with E-state index in [1.807, 2.05) is 24.0 Å². The molecule has 2 atom stereocenters. The Bertz CT molecular complexity index is 979. The highest BCUT2D eigenvalue weighted by molar-refractivity contribution is 5.95. The fraction of sp³-hybridized carbons (Fsp3) is 0.476. The van der Waals surface area contributed by atoms with Crippen molar-refractivity contribution in [2.24, 2.45) is 5.92 Å². The van der Waals surface area contributed by atoms with E-state index in [1.165, 1.54) is 0 Å². The van der Waals surface area contributed by atoms with Crippen molar-refractivity contribution in [1.82, 2.24) is 19.9 Å². The Kier molecular flexibility index (Phi) is 4.00. The van der Waals surface area contributed by atoms with Gasteiger partial charge < -0.3 is 9.80 Å². The Balaban J connectivity index is 1.39. The number of hydrogen-bond donors (Lipinski definition) is 0. The normalized spacial score (nSPS) is 23.6. The topological polar surface area (TPSA) is 86.0 Å². The highest BCUT2D eigenvalue weighted by Gasteiger charge is 2.42. The molecule has 2 saturated heterocycles. The Hall–Kier alpha value is -3.01. The monoisotopic (exact) mass is 374 g/mol. The van der Waals surface area contributed by atoms with Gasteiger partial charge in [-0.05, 0) is 50.3 Å². The fourth-order valence-corrected chi connectivity index (χ4v) is 4.56. The van der Waals surface area contributed by atoms with Crippen LogP contribution in [-0.2, 0) is 0 Å². The second kappa shape index (κ2) is 6.55. The van der Waals surface area contributed by atoms with Crippen LogP contribution in [0.5, 0.6) is 0 Å². The Morgan fingerprint density at radius 1 is 1.25 bits per heavy atom. The van der Waals surface area contributed by atoms with Gasteiger partial charge in [-0.3, -0.25) is 9.78 Å².